The Morgan fingerprint density at radius 2 is 2.31 bits per heavy atom. The van der Waals surface area contributed by atoms with Crippen LogP contribution < -0.4 is 0 Å². The van der Waals surface area contributed by atoms with Crippen LogP contribution in [0.15, 0.2) is 0 Å². The number of likely N-dealkylation sites (tertiary alicyclic amines) is 1. The van der Waals surface area contributed by atoms with Gasteiger partial charge in [0.1, 0.15) is 0 Å². The highest BCUT2D eigenvalue weighted by atomic mass is 16.5. The third-order valence-electron chi connectivity index (χ3n) is 2.95. The summed E-state index contributed by atoms with van der Waals surface area (Å²) in [6.07, 6.45) is 0.145. The van der Waals surface area contributed by atoms with Gasteiger partial charge in [-0.05, 0) is 13.3 Å². The third kappa shape index (κ3) is 1.94. The topological polar surface area (TPSA) is 49.8 Å². The van der Waals surface area contributed by atoms with Gasteiger partial charge in [-0.3, -0.25) is 0 Å². The van der Waals surface area contributed by atoms with Crippen molar-refractivity contribution < 1.29 is 14.6 Å². The summed E-state index contributed by atoms with van der Waals surface area (Å²) in [5.41, 5.74) is -0.172. The molecule has 4 heteroatoms. The zero-order chi connectivity index (χ0) is 10.1. The Bertz CT molecular complexity index is 205. The van der Waals surface area contributed by atoms with Crippen LogP contribution in [0.5, 0.6) is 0 Å². The van der Waals surface area contributed by atoms with E-state index in [9.17, 15) is 9.90 Å². The van der Waals surface area contributed by atoms with Gasteiger partial charge in [0.15, 0.2) is 0 Å². The van der Waals surface area contributed by atoms with Gasteiger partial charge in [-0.15, -0.1) is 0 Å². The Hall–Kier alpha value is -0.770. The van der Waals surface area contributed by atoms with E-state index < -0.39 is 0 Å². The zero-order valence-electron chi connectivity index (χ0n) is 8.41. The lowest BCUT2D eigenvalue weighted by atomic mass is 9.84. The van der Waals surface area contributed by atoms with E-state index in [1.54, 1.807) is 11.8 Å². The van der Waals surface area contributed by atoms with Crippen molar-refractivity contribution in [3.8, 4) is 0 Å². The number of hydrogen-bond donors (Lipinski definition) is 1. The molecule has 1 aliphatic rings. The van der Waals surface area contributed by atoms with Crippen molar-refractivity contribution >= 4 is 6.09 Å². The van der Waals surface area contributed by atoms with Crippen LogP contribution in [-0.2, 0) is 4.74 Å². The summed E-state index contributed by atoms with van der Waals surface area (Å²) in [4.78, 5) is 12.8. The molecular formula is C9H17NO3. The lowest BCUT2D eigenvalue weighted by Crippen LogP contribution is -2.36. The molecule has 1 amide bonds. The largest absolute Gasteiger partial charge is 0.453 e. The van der Waals surface area contributed by atoms with Crippen molar-refractivity contribution in [1.29, 1.82) is 0 Å². The Balaban J connectivity index is 2.58. The monoisotopic (exact) mass is 187 g/mol. The Morgan fingerprint density at radius 3 is 2.69 bits per heavy atom. The Morgan fingerprint density at radius 1 is 1.69 bits per heavy atom. The fourth-order valence-corrected chi connectivity index (χ4v) is 1.61. The predicted octanol–water partition coefficient (Wildman–Crippen LogP) is 0.846. The molecule has 1 fully saturated rings. The van der Waals surface area contributed by atoms with Gasteiger partial charge in [0.2, 0.25) is 0 Å². The fourth-order valence-electron chi connectivity index (χ4n) is 1.61. The predicted molar refractivity (Wildman–Crippen MR) is 48.4 cm³/mol. The van der Waals surface area contributed by atoms with Gasteiger partial charge in [0.25, 0.3) is 0 Å². The molecule has 1 saturated heterocycles. The standard InChI is InChI=1S/C9H17NO3/c1-7(11)9(2)4-5-10(6-9)8(12)13-3/h7,11H,4-6H2,1-3H3/t7-,9+/m0/s1. The average molecular weight is 187 g/mol. The fraction of sp³-hybridized carbons (Fsp3) is 0.889. The quantitative estimate of drug-likeness (QED) is 0.662. The van der Waals surface area contributed by atoms with Crippen LogP contribution in [0.2, 0.25) is 0 Å². The third-order valence-corrected chi connectivity index (χ3v) is 2.95. The Kier molecular flexibility index (Phi) is 2.81. The molecule has 13 heavy (non-hydrogen) atoms. The molecule has 1 aliphatic heterocycles. The molecule has 1 heterocycles. The molecular weight excluding hydrogens is 170 g/mol. The van der Waals surface area contributed by atoms with Crippen molar-refractivity contribution in [2.75, 3.05) is 20.2 Å². The van der Waals surface area contributed by atoms with Gasteiger partial charge in [-0.25, -0.2) is 4.79 Å². The first kappa shape index (κ1) is 10.3. The van der Waals surface area contributed by atoms with Crippen molar-refractivity contribution in [3.05, 3.63) is 0 Å². The van der Waals surface area contributed by atoms with Crippen LogP contribution in [0.3, 0.4) is 0 Å². The van der Waals surface area contributed by atoms with Crippen LogP contribution in [0.1, 0.15) is 20.3 Å². The van der Waals surface area contributed by atoms with E-state index in [0.717, 1.165) is 6.42 Å². The van der Waals surface area contributed by atoms with Crippen LogP contribution in [-0.4, -0.2) is 42.4 Å². The van der Waals surface area contributed by atoms with Gasteiger partial charge in [-0.2, -0.15) is 0 Å². The summed E-state index contributed by atoms with van der Waals surface area (Å²) in [6, 6.07) is 0. The molecule has 0 unspecified atom stereocenters. The molecule has 0 saturated carbocycles. The number of ether oxygens (including phenoxy) is 1. The Labute approximate surface area is 78.5 Å². The number of nitrogens with zero attached hydrogens (tertiary/aromatic N) is 1. The summed E-state index contributed by atoms with van der Waals surface area (Å²) < 4.78 is 4.61. The number of hydrogen-bond acceptors (Lipinski definition) is 3. The molecule has 2 atom stereocenters. The van der Waals surface area contributed by atoms with Gasteiger partial charge in [0.05, 0.1) is 13.2 Å². The second kappa shape index (κ2) is 3.54. The van der Waals surface area contributed by atoms with Crippen LogP contribution in [0.25, 0.3) is 0 Å². The molecule has 1 N–H and O–H groups in total. The van der Waals surface area contributed by atoms with Crippen LogP contribution in [0.4, 0.5) is 4.79 Å². The number of aliphatic hydroxyl groups is 1. The minimum Gasteiger partial charge on any atom is -0.453 e. The molecule has 0 aliphatic carbocycles. The average Bonchev–Trinajstić information content (AvgIpc) is 2.48. The normalized spacial score (nSPS) is 30.3. The van der Waals surface area contributed by atoms with Crippen molar-refractivity contribution in [3.63, 3.8) is 0 Å². The number of carbonyl (C=O) groups excluding carboxylic acids is 1. The summed E-state index contributed by atoms with van der Waals surface area (Å²) in [5, 5.41) is 9.50. The van der Waals surface area contributed by atoms with E-state index in [4.69, 9.17) is 0 Å². The molecule has 1 rings (SSSR count). The van der Waals surface area contributed by atoms with Crippen molar-refractivity contribution in [1.82, 2.24) is 4.90 Å². The van der Waals surface area contributed by atoms with Crippen LogP contribution in [0, 0.1) is 5.41 Å². The number of aliphatic hydroxyl groups excluding tert-OH is 1. The van der Waals surface area contributed by atoms with Crippen molar-refractivity contribution in [2.45, 2.75) is 26.4 Å². The molecule has 76 valence electrons. The molecule has 0 aromatic heterocycles. The number of amides is 1. The molecule has 4 nitrogen and oxygen atoms in total. The summed E-state index contributed by atoms with van der Waals surface area (Å²) in [6.45, 7) is 5.01. The van der Waals surface area contributed by atoms with E-state index in [0.29, 0.717) is 13.1 Å². The highest BCUT2D eigenvalue weighted by Crippen LogP contribution is 2.33. The number of methoxy groups -OCH3 is 1. The van der Waals surface area contributed by atoms with Gasteiger partial charge < -0.3 is 14.7 Å². The molecule has 0 spiro atoms. The van der Waals surface area contributed by atoms with Gasteiger partial charge in [-0.1, -0.05) is 6.92 Å². The highest BCUT2D eigenvalue weighted by Gasteiger charge is 2.39. The lowest BCUT2D eigenvalue weighted by molar-refractivity contribution is 0.0567. The van der Waals surface area contributed by atoms with E-state index in [2.05, 4.69) is 4.74 Å². The minimum absolute atomic E-state index is 0.172. The summed E-state index contributed by atoms with van der Waals surface area (Å²) >= 11 is 0. The van der Waals surface area contributed by atoms with Crippen LogP contribution >= 0.6 is 0 Å². The van der Waals surface area contributed by atoms with E-state index in [1.165, 1.54) is 7.11 Å². The lowest BCUT2D eigenvalue weighted by Gasteiger charge is -2.27. The SMILES string of the molecule is COC(=O)N1CC[C@@](C)([C@H](C)O)C1. The molecule has 0 bridgehead atoms. The summed E-state index contributed by atoms with van der Waals surface area (Å²) in [7, 11) is 1.38. The second-order valence-corrected chi connectivity index (χ2v) is 3.97. The van der Waals surface area contributed by atoms with E-state index in [-0.39, 0.29) is 17.6 Å². The highest BCUT2D eigenvalue weighted by molar-refractivity contribution is 5.67. The van der Waals surface area contributed by atoms with Gasteiger partial charge >= 0.3 is 6.09 Å². The number of carbonyl (C=O) groups is 1. The first-order valence-corrected chi connectivity index (χ1v) is 4.50. The maximum atomic E-state index is 11.1. The first-order chi connectivity index (χ1) is 5.99. The molecule has 0 radical (unpaired) electrons. The van der Waals surface area contributed by atoms with E-state index in [1.807, 2.05) is 6.92 Å². The van der Waals surface area contributed by atoms with Gasteiger partial charge in [0, 0.05) is 18.5 Å². The number of rotatable bonds is 1. The minimum atomic E-state index is -0.387. The zero-order valence-corrected chi connectivity index (χ0v) is 8.41. The summed E-state index contributed by atoms with van der Waals surface area (Å²) in [5.74, 6) is 0. The first-order valence-electron chi connectivity index (χ1n) is 4.50. The van der Waals surface area contributed by atoms with Crippen molar-refractivity contribution in [2.24, 2.45) is 5.41 Å². The molecule has 0 aromatic carbocycles. The second-order valence-electron chi connectivity index (χ2n) is 3.97. The smallest absolute Gasteiger partial charge is 0.409 e. The molecule has 0 aromatic rings. The van der Waals surface area contributed by atoms with E-state index >= 15 is 0 Å². The maximum absolute atomic E-state index is 11.1. The maximum Gasteiger partial charge on any atom is 0.409 e.